The zero-order valence-corrected chi connectivity index (χ0v) is 18.1. The minimum Gasteiger partial charge on any atom is -0.324 e. The van der Waals surface area contributed by atoms with E-state index in [9.17, 15) is 18.4 Å². The van der Waals surface area contributed by atoms with Gasteiger partial charge in [0.2, 0.25) is 5.01 Å². The van der Waals surface area contributed by atoms with Crippen molar-refractivity contribution in [3.05, 3.63) is 69.7 Å². The number of likely N-dealkylation sites (tertiary alicyclic amines) is 1. The second-order valence-corrected chi connectivity index (χ2v) is 8.56. The lowest BCUT2D eigenvalue weighted by Crippen LogP contribution is -2.41. The van der Waals surface area contributed by atoms with Crippen LogP contribution in [-0.4, -0.2) is 40.1 Å². The summed E-state index contributed by atoms with van der Waals surface area (Å²) in [5, 5.41) is 14.4. The molecular weight excluding hydrogens is 436 g/mol. The molecule has 1 aliphatic heterocycles. The smallest absolute Gasteiger partial charge is 0.321 e. The van der Waals surface area contributed by atoms with E-state index < -0.39 is 17.7 Å². The lowest BCUT2D eigenvalue weighted by Gasteiger charge is -2.31. The molecule has 1 saturated heterocycles. The molecule has 0 saturated carbocycles. The lowest BCUT2D eigenvalue weighted by atomic mass is 9.99. The summed E-state index contributed by atoms with van der Waals surface area (Å²) in [5.74, 6) is -1.77. The molecule has 7 nitrogen and oxygen atoms in total. The molecule has 0 unspecified atom stereocenters. The largest absolute Gasteiger partial charge is 0.324 e. The van der Waals surface area contributed by atoms with Crippen LogP contribution in [0.15, 0.2) is 42.5 Å². The Balaban J connectivity index is 1.41. The minimum absolute atomic E-state index is 0.0932. The third kappa shape index (κ3) is 4.91. The van der Waals surface area contributed by atoms with E-state index in [1.54, 1.807) is 0 Å². The molecule has 32 heavy (non-hydrogen) atoms. The van der Waals surface area contributed by atoms with E-state index in [0.717, 1.165) is 30.2 Å². The Bertz CT molecular complexity index is 1150. The molecule has 2 N–H and O–H groups in total. The van der Waals surface area contributed by atoms with Crippen molar-refractivity contribution in [2.75, 3.05) is 23.7 Å². The topological polar surface area (TPSA) is 87.2 Å². The van der Waals surface area contributed by atoms with Crippen molar-refractivity contribution < 1.29 is 18.4 Å². The first-order valence-corrected chi connectivity index (χ1v) is 10.9. The van der Waals surface area contributed by atoms with Crippen LogP contribution in [0.1, 0.15) is 39.1 Å². The maximum Gasteiger partial charge on any atom is 0.321 e. The number of piperidine rings is 1. The third-order valence-electron chi connectivity index (χ3n) is 5.26. The van der Waals surface area contributed by atoms with Gasteiger partial charge in [-0.25, -0.2) is 13.6 Å². The molecule has 0 spiro atoms. The number of aromatic nitrogens is 2. The number of hydrogen-bond acceptors (Lipinski definition) is 5. The summed E-state index contributed by atoms with van der Waals surface area (Å²) < 4.78 is 27.2. The highest BCUT2D eigenvalue weighted by molar-refractivity contribution is 7.13. The Morgan fingerprint density at radius 1 is 1.09 bits per heavy atom. The van der Waals surface area contributed by atoms with E-state index in [0.29, 0.717) is 30.2 Å². The summed E-state index contributed by atoms with van der Waals surface area (Å²) in [6.07, 6.45) is 1.50. The molecule has 2 aromatic carbocycles. The van der Waals surface area contributed by atoms with Crippen LogP contribution in [0.5, 0.6) is 0 Å². The molecule has 2 heterocycles. The van der Waals surface area contributed by atoms with Gasteiger partial charge in [0.1, 0.15) is 16.6 Å². The quantitative estimate of drug-likeness (QED) is 0.590. The van der Waals surface area contributed by atoms with E-state index in [2.05, 4.69) is 20.8 Å². The van der Waals surface area contributed by atoms with Gasteiger partial charge >= 0.3 is 6.03 Å². The fourth-order valence-electron chi connectivity index (χ4n) is 3.53. The zero-order valence-electron chi connectivity index (χ0n) is 17.3. The van der Waals surface area contributed by atoms with Crippen molar-refractivity contribution in [2.45, 2.75) is 25.7 Å². The van der Waals surface area contributed by atoms with Gasteiger partial charge in [0.25, 0.3) is 5.91 Å². The van der Waals surface area contributed by atoms with Crippen molar-refractivity contribution in [1.29, 1.82) is 0 Å². The van der Waals surface area contributed by atoms with Gasteiger partial charge in [-0.15, -0.1) is 10.2 Å². The predicted molar refractivity (Wildman–Crippen MR) is 118 cm³/mol. The van der Waals surface area contributed by atoms with Crippen molar-refractivity contribution in [3.8, 4) is 0 Å². The van der Waals surface area contributed by atoms with Crippen LogP contribution in [0.3, 0.4) is 0 Å². The number of rotatable bonds is 4. The standard InChI is InChI=1S/C22H21F2N5O2S/c1-13-5-2-3-7-17(13)25-19(30)21-28-27-20(32-21)14-6-4-10-29(12-14)22(31)26-18-11-15(23)8-9-16(18)24/h2-3,5,7-9,11,14H,4,6,10,12H2,1H3,(H,25,30)(H,26,31)/t14-/m1/s1. The molecule has 4 rings (SSSR count). The lowest BCUT2D eigenvalue weighted by molar-refractivity contribution is 0.102. The first-order chi connectivity index (χ1) is 15.4. The van der Waals surface area contributed by atoms with Crippen LogP contribution in [0.25, 0.3) is 0 Å². The summed E-state index contributed by atoms with van der Waals surface area (Å²) in [6, 6.07) is 9.83. The Hall–Kier alpha value is -3.40. The van der Waals surface area contributed by atoms with Crippen molar-refractivity contribution in [3.63, 3.8) is 0 Å². The van der Waals surface area contributed by atoms with E-state index in [1.807, 2.05) is 31.2 Å². The number of nitrogens with zero attached hydrogens (tertiary/aromatic N) is 3. The molecule has 1 fully saturated rings. The number of urea groups is 1. The maximum absolute atomic E-state index is 13.8. The number of nitrogens with one attached hydrogen (secondary N) is 2. The van der Waals surface area contributed by atoms with Gasteiger partial charge in [-0.1, -0.05) is 29.5 Å². The van der Waals surface area contributed by atoms with Gasteiger partial charge < -0.3 is 15.5 Å². The molecule has 1 aromatic heterocycles. The second-order valence-electron chi connectivity index (χ2n) is 7.55. The normalized spacial score (nSPS) is 16.0. The van der Waals surface area contributed by atoms with Crippen molar-refractivity contribution in [2.24, 2.45) is 0 Å². The van der Waals surface area contributed by atoms with Crippen molar-refractivity contribution >= 4 is 34.6 Å². The monoisotopic (exact) mass is 457 g/mol. The van der Waals surface area contributed by atoms with Gasteiger partial charge in [0, 0.05) is 30.8 Å². The minimum atomic E-state index is -0.707. The molecule has 1 atom stereocenters. The van der Waals surface area contributed by atoms with Crippen LogP contribution < -0.4 is 10.6 Å². The fraction of sp³-hybridized carbons (Fsp3) is 0.273. The summed E-state index contributed by atoms with van der Waals surface area (Å²) in [5.41, 5.74) is 1.44. The summed E-state index contributed by atoms with van der Waals surface area (Å²) in [7, 11) is 0. The van der Waals surface area contributed by atoms with Crippen molar-refractivity contribution in [1.82, 2.24) is 15.1 Å². The van der Waals surface area contributed by atoms with E-state index in [1.165, 1.54) is 16.2 Å². The number of amides is 3. The highest BCUT2D eigenvalue weighted by Crippen LogP contribution is 2.30. The maximum atomic E-state index is 13.8. The summed E-state index contributed by atoms with van der Waals surface area (Å²) in [4.78, 5) is 26.7. The number of anilines is 2. The summed E-state index contributed by atoms with van der Waals surface area (Å²) in [6.45, 7) is 2.73. The predicted octanol–water partition coefficient (Wildman–Crippen LogP) is 4.79. The molecule has 0 radical (unpaired) electrons. The Morgan fingerprint density at radius 3 is 2.72 bits per heavy atom. The molecule has 0 bridgehead atoms. The van der Waals surface area contributed by atoms with Crippen LogP contribution in [0.4, 0.5) is 25.0 Å². The van der Waals surface area contributed by atoms with E-state index in [4.69, 9.17) is 0 Å². The van der Waals surface area contributed by atoms with Gasteiger partial charge in [-0.2, -0.15) is 0 Å². The first kappa shape index (κ1) is 21.8. The highest BCUT2D eigenvalue weighted by atomic mass is 32.1. The number of para-hydroxylation sites is 1. The number of carbonyl (C=O) groups excluding carboxylic acids is 2. The zero-order chi connectivity index (χ0) is 22.7. The van der Waals surface area contributed by atoms with Crippen LogP contribution in [0, 0.1) is 18.6 Å². The van der Waals surface area contributed by atoms with E-state index >= 15 is 0 Å². The molecule has 10 heteroatoms. The average molecular weight is 458 g/mol. The third-order valence-corrected chi connectivity index (χ3v) is 6.34. The highest BCUT2D eigenvalue weighted by Gasteiger charge is 2.28. The van der Waals surface area contributed by atoms with Gasteiger partial charge in [-0.3, -0.25) is 4.79 Å². The summed E-state index contributed by atoms with van der Waals surface area (Å²) >= 11 is 1.19. The average Bonchev–Trinajstić information content (AvgIpc) is 3.28. The molecule has 1 aliphatic rings. The van der Waals surface area contributed by atoms with Gasteiger partial charge in [0.15, 0.2) is 0 Å². The number of halogens is 2. The second kappa shape index (κ2) is 9.39. The van der Waals surface area contributed by atoms with Gasteiger partial charge in [-0.05, 0) is 43.5 Å². The number of carbonyl (C=O) groups is 2. The van der Waals surface area contributed by atoms with E-state index in [-0.39, 0.29) is 22.5 Å². The molecule has 166 valence electrons. The number of benzene rings is 2. The SMILES string of the molecule is Cc1ccccc1NC(=O)c1nnc([C@@H]2CCCN(C(=O)Nc3cc(F)ccc3F)C2)s1. The Labute approximate surface area is 187 Å². The Morgan fingerprint density at radius 2 is 1.91 bits per heavy atom. The molecular formula is C22H21F2N5O2S. The first-order valence-electron chi connectivity index (χ1n) is 10.1. The Kier molecular flexibility index (Phi) is 6.40. The van der Waals surface area contributed by atoms with Gasteiger partial charge in [0.05, 0.1) is 5.69 Å². The van der Waals surface area contributed by atoms with Crippen LogP contribution >= 0.6 is 11.3 Å². The molecule has 0 aliphatic carbocycles. The molecule has 3 amide bonds. The number of aryl methyl sites for hydroxylation is 1. The number of hydrogen-bond donors (Lipinski definition) is 2. The molecule has 3 aromatic rings. The fourth-order valence-corrected chi connectivity index (χ4v) is 4.40. The van der Waals surface area contributed by atoms with Crippen LogP contribution in [0.2, 0.25) is 0 Å². The van der Waals surface area contributed by atoms with Crippen LogP contribution in [-0.2, 0) is 0 Å².